The number of hydrogen-bond acceptors (Lipinski definition) is 5. The van der Waals surface area contributed by atoms with Crippen LogP contribution in [0.1, 0.15) is 6.92 Å². The van der Waals surface area contributed by atoms with Gasteiger partial charge in [-0.1, -0.05) is 6.92 Å². The minimum Gasteiger partial charge on any atom is -0.383 e. The molecule has 0 amide bonds. The molecule has 0 aliphatic rings. The Morgan fingerprint density at radius 3 is 2.80 bits per heavy atom. The molecule has 0 saturated heterocycles. The molecule has 0 aliphatic heterocycles. The Bertz CT molecular complexity index is 375. The molecule has 86 valence electrons. The van der Waals surface area contributed by atoms with Crippen molar-refractivity contribution in [2.75, 3.05) is 26.8 Å². The number of aromatic nitrogens is 3. The molecule has 1 N–H and O–H groups in total. The van der Waals surface area contributed by atoms with Gasteiger partial charge in [0.1, 0.15) is 6.33 Å². The van der Waals surface area contributed by atoms with Crippen LogP contribution in [0.2, 0.25) is 0 Å². The molecule has 0 saturated carbocycles. The van der Waals surface area contributed by atoms with Crippen LogP contribution in [-0.2, 0) is 14.8 Å². The second-order valence-corrected chi connectivity index (χ2v) is 4.63. The van der Waals surface area contributed by atoms with E-state index in [-0.39, 0.29) is 5.16 Å². The van der Waals surface area contributed by atoms with Gasteiger partial charge in [0.25, 0.3) is 15.2 Å². The van der Waals surface area contributed by atoms with E-state index in [0.29, 0.717) is 19.7 Å². The Hall–Kier alpha value is -0.990. The molecule has 0 aliphatic carbocycles. The normalized spacial score (nSPS) is 12.2. The number of methoxy groups -OCH3 is 1. The van der Waals surface area contributed by atoms with Gasteiger partial charge >= 0.3 is 0 Å². The minimum atomic E-state index is -3.56. The van der Waals surface area contributed by atoms with E-state index in [2.05, 4.69) is 15.2 Å². The minimum absolute atomic E-state index is 0.138. The fourth-order valence-corrected chi connectivity index (χ4v) is 2.33. The maximum Gasteiger partial charge on any atom is 0.278 e. The van der Waals surface area contributed by atoms with Crippen molar-refractivity contribution in [1.82, 2.24) is 19.5 Å². The summed E-state index contributed by atoms with van der Waals surface area (Å²) in [6.07, 6.45) is 1.16. The highest BCUT2D eigenvalue weighted by molar-refractivity contribution is 7.88. The van der Waals surface area contributed by atoms with Crippen LogP contribution in [0.3, 0.4) is 0 Å². The summed E-state index contributed by atoms with van der Waals surface area (Å²) in [4.78, 5) is 3.63. The van der Waals surface area contributed by atoms with Crippen molar-refractivity contribution in [2.24, 2.45) is 0 Å². The van der Waals surface area contributed by atoms with Gasteiger partial charge in [-0.3, -0.25) is 0 Å². The summed E-state index contributed by atoms with van der Waals surface area (Å²) in [5, 5.41) is 5.71. The Kier molecular flexibility index (Phi) is 4.18. The Labute approximate surface area is 88.5 Å². The van der Waals surface area contributed by atoms with Gasteiger partial charge < -0.3 is 4.74 Å². The third-order valence-electron chi connectivity index (χ3n) is 1.87. The van der Waals surface area contributed by atoms with E-state index in [0.717, 1.165) is 6.33 Å². The molecule has 8 heteroatoms. The lowest BCUT2D eigenvalue weighted by atomic mass is 10.6. The lowest BCUT2D eigenvalue weighted by molar-refractivity contribution is 0.180. The van der Waals surface area contributed by atoms with Crippen LogP contribution in [0.4, 0.5) is 0 Å². The number of ether oxygens (including phenoxy) is 1. The van der Waals surface area contributed by atoms with Crippen LogP contribution < -0.4 is 0 Å². The average Bonchev–Trinajstić information content (AvgIpc) is 2.72. The van der Waals surface area contributed by atoms with Crippen molar-refractivity contribution in [3.05, 3.63) is 6.33 Å². The van der Waals surface area contributed by atoms with E-state index in [1.54, 1.807) is 6.92 Å². The van der Waals surface area contributed by atoms with Crippen molar-refractivity contribution in [3.63, 3.8) is 0 Å². The predicted molar refractivity (Wildman–Crippen MR) is 52.7 cm³/mol. The molecule has 0 radical (unpaired) electrons. The number of nitrogens with one attached hydrogen (secondary N) is 1. The van der Waals surface area contributed by atoms with Crippen molar-refractivity contribution in [3.8, 4) is 0 Å². The number of hydrogen-bond donors (Lipinski definition) is 1. The van der Waals surface area contributed by atoms with Crippen LogP contribution in [0.25, 0.3) is 0 Å². The second kappa shape index (κ2) is 5.19. The van der Waals surface area contributed by atoms with Crippen LogP contribution in [-0.4, -0.2) is 54.7 Å². The maximum atomic E-state index is 11.9. The van der Waals surface area contributed by atoms with Gasteiger partial charge in [0.15, 0.2) is 0 Å². The summed E-state index contributed by atoms with van der Waals surface area (Å²) in [7, 11) is -2.03. The first-order chi connectivity index (χ1) is 7.12. The Morgan fingerprint density at radius 2 is 2.33 bits per heavy atom. The standard InChI is InChI=1S/C7H14N4O3S/c1-3-11(4-5-14-2)15(12,13)7-8-6-9-10-7/h6H,3-5H2,1-2H3,(H,8,9,10). The third-order valence-corrected chi connectivity index (χ3v) is 3.68. The van der Waals surface area contributed by atoms with Crippen molar-refractivity contribution < 1.29 is 13.2 Å². The van der Waals surface area contributed by atoms with Crippen LogP contribution >= 0.6 is 0 Å². The fraction of sp³-hybridized carbons (Fsp3) is 0.714. The monoisotopic (exact) mass is 234 g/mol. The number of aromatic amines is 1. The van der Waals surface area contributed by atoms with E-state index in [9.17, 15) is 8.42 Å². The number of sulfonamides is 1. The predicted octanol–water partition coefficient (Wildman–Crippen LogP) is -0.538. The fourth-order valence-electron chi connectivity index (χ4n) is 1.08. The zero-order valence-corrected chi connectivity index (χ0v) is 9.49. The summed E-state index contributed by atoms with van der Waals surface area (Å²) in [6.45, 7) is 2.77. The third kappa shape index (κ3) is 2.74. The largest absolute Gasteiger partial charge is 0.383 e. The first-order valence-corrected chi connectivity index (χ1v) is 5.91. The summed E-state index contributed by atoms with van der Waals surface area (Å²) in [5.41, 5.74) is 0. The highest BCUT2D eigenvalue weighted by atomic mass is 32.2. The summed E-state index contributed by atoms with van der Waals surface area (Å²) in [6, 6.07) is 0. The van der Waals surface area contributed by atoms with Gasteiger partial charge in [0, 0.05) is 20.2 Å². The van der Waals surface area contributed by atoms with Crippen LogP contribution in [0.15, 0.2) is 11.5 Å². The molecule has 0 atom stereocenters. The zero-order valence-electron chi connectivity index (χ0n) is 8.67. The van der Waals surface area contributed by atoms with Gasteiger partial charge in [-0.25, -0.2) is 18.5 Å². The van der Waals surface area contributed by atoms with Gasteiger partial charge in [-0.05, 0) is 0 Å². The van der Waals surface area contributed by atoms with Crippen LogP contribution in [0.5, 0.6) is 0 Å². The topological polar surface area (TPSA) is 88.2 Å². The molecule has 0 fully saturated rings. The highest BCUT2D eigenvalue weighted by Crippen LogP contribution is 2.08. The number of likely N-dealkylation sites (N-methyl/N-ethyl adjacent to an activating group) is 1. The number of rotatable bonds is 6. The van der Waals surface area contributed by atoms with Crippen molar-refractivity contribution in [1.29, 1.82) is 0 Å². The first kappa shape index (κ1) is 12.1. The SMILES string of the molecule is CCN(CCOC)S(=O)(=O)c1ncn[nH]1. The number of nitrogens with zero attached hydrogens (tertiary/aromatic N) is 3. The summed E-state index contributed by atoms with van der Waals surface area (Å²) >= 11 is 0. The molecular formula is C7H14N4O3S. The van der Waals surface area contributed by atoms with Crippen LogP contribution in [0, 0.1) is 0 Å². The van der Waals surface area contributed by atoms with E-state index in [4.69, 9.17) is 4.74 Å². The summed E-state index contributed by atoms with van der Waals surface area (Å²) < 4.78 is 29.8. The quantitative estimate of drug-likeness (QED) is 0.714. The molecule has 1 aromatic heterocycles. The molecule has 1 rings (SSSR count). The van der Waals surface area contributed by atoms with E-state index >= 15 is 0 Å². The zero-order chi connectivity index (χ0) is 11.3. The highest BCUT2D eigenvalue weighted by Gasteiger charge is 2.25. The summed E-state index contributed by atoms with van der Waals surface area (Å²) in [5.74, 6) is 0. The van der Waals surface area contributed by atoms with Gasteiger partial charge in [-0.15, -0.1) is 0 Å². The van der Waals surface area contributed by atoms with E-state index in [1.165, 1.54) is 11.4 Å². The Balaban J connectivity index is 2.83. The molecular weight excluding hydrogens is 220 g/mol. The lowest BCUT2D eigenvalue weighted by Crippen LogP contribution is -2.34. The first-order valence-electron chi connectivity index (χ1n) is 4.47. The molecule has 0 aromatic carbocycles. The van der Waals surface area contributed by atoms with E-state index in [1.807, 2.05) is 0 Å². The number of H-pyrrole nitrogens is 1. The molecule has 0 bridgehead atoms. The van der Waals surface area contributed by atoms with Gasteiger partial charge in [0.05, 0.1) is 6.61 Å². The molecule has 7 nitrogen and oxygen atoms in total. The van der Waals surface area contributed by atoms with Crippen molar-refractivity contribution >= 4 is 10.0 Å². The molecule has 0 spiro atoms. The molecule has 15 heavy (non-hydrogen) atoms. The average molecular weight is 234 g/mol. The van der Waals surface area contributed by atoms with Gasteiger partial charge in [-0.2, -0.15) is 9.40 Å². The molecule has 1 aromatic rings. The molecule has 0 unspecified atom stereocenters. The van der Waals surface area contributed by atoms with E-state index < -0.39 is 10.0 Å². The second-order valence-electron chi connectivity index (χ2n) is 2.78. The maximum absolute atomic E-state index is 11.9. The van der Waals surface area contributed by atoms with Crippen molar-refractivity contribution in [2.45, 2.75) is 12.1 Å². The lowest BCUT2D eigenvalue weighted by Gasteiger charge is -2.17. The smallest absolute Gasteiger partial charge is 0.278 e. The Morgan fingerprint density at radius 1 is 1.60 bits per heavy atom. The van der Waals surface area contributed by atoms with Gasteiger partial charge in [0.2, 0.25) is 0 Å². The molecule has 1 heterocycles.